The molecule has 1 amide bonds. The lowest BCUT2D eigenvalue weighted by Gasteiger charge is -2.04. The maximum Gasteiger partial charge on any atom is 0.298 e. The monoisotopic (exact) mass is 191 g/mol. The van der Waals surface area contributed by atoms with Gasteiger partial charge < -0.3 is 0 Å². The Bertz CT molecular complexity index is 476. The fourth-order valence-electron chi connectivity index (χ4n) is 1.28. The van der Waals surface area contributed by atoms with E-state index < -0.39 is 5.91 Å². The number of aromatic nitrogens is 2. The number of carbonyl (C=O) groups is 1. The number of nitrogens with one attached hydrogen (secondary N) is 1. The van der Waals surface area contributed by atoms with E-state index in [0.29, 0.717) is 10.4 Å². The third-order valence-electron chi connectivity index (χ3n) is 1.97. The lowest BCUT2D eigenvalue weighted by atomic mass is 10.2. The minimum atomic E-state index is -0.526. The zero-order chi connectivity index (χ0) is 10.1. The molecule has 0 bridgehead atoms. The summed E-state index contributed by atoms with van der Waals surface area (Å²) < 4.78 is 0. The number of H-pyrrole nitrogens is 1. The van der Waals surface area contributed by atoms with Gasteiger partial charge in [-0.1, -0.05) is 18.2 Å². The van der Waals surface area contributed by atoms with Gasteiger partial charge in [0.05, 0.1) is 5.52 Å². The number of benzene rings is 1. The van der Waals surface area contributed by atoms with Crippen LogP contribution in [0.25, 0.3) is 10.9 Å². The molecule has 0 radical (unpaired) electrons. The number of para-hydroxylation sites is 1. The van der Waals surface area contributed by atoms with Gasteiger partial charge in [0, 0.05) is 12.4 Å². The molecule has 0 saturated carbocycles. The van der Waals surface area contributed by atoms with E-state index in [-0.39, 0.29) is 5.69 Å². The van der Waals surface area contributed by atoms with Crippen LogP contribution in [-0.4, -0.2) is 33.4 Å². The Balaban J connectivity index is 2.58. The number of hydroxylamine groups is 2. The number of nitrogens with zero attached hydrogens (tertiary/aromatic N) is 2. The Labute approximate surface area is 79.9 Å². The summed E-state index contributed by atoms with van der Waals surface area (Å²) in [6.07, 6.45) is 0. The van der Waals surface area contributed by atoms with Crippen LogP contribution >= 0.6 is 0 Å². The summed E-state index contributed by atoms with van der Waals surface area (Å²) in [5, 5.41) is 16.8. The molecule has 5 nitrogen and oxygen atoms in total. The molecule has 0 saturated heterocycles. The highest BCUT2D eigenvalue weighted by atomic mass is 16.5. The second-order valence-electron chi connectivity index (χ2n) is 2.95. The summed E-state index contributed by atoms with van der Waals surface area (Å²) in [5.41, 5.74) is 1.00. The highest BCUT2D eigenvalue weighted by molar-refractivity contribution is 6.03. The molecule has 1 heterocycles. The van der Waals surface area contributed by atoms with Crippen LogP contribution in [0.2, 0.25) is 0 Å². The van der Waals surface area contributed by atoms with Gasteiger partial charge in [0.1, 0.15) is 0 Å². The standard InChI is InChI=1S/C9H9N3O2/c1-12(14)9(13)8-6-4-2-3-5-7(6)10-11-8/h2-5,14H,1H3,(H,10,11). The number of aromatic amines is 1. The first-order chi connectivity index (χ1) is 6.70. The van der Waals surface area contributed by atoms with Crippen molar-refractivity contribution in [3.05, 3.63) is 30.0 Å². The van der Waals surface area contributed by atoms with Crippen molar-refractivity contribution >= 4 is 16.8 Å². The average Bonchev–Trinajstić information content (AvgIpc) is 2.60. The van der Waals surface area contributed by atoms with Crippen LogP contribution in [0, 0.1) is 0 Å². The molecule has 0 fully saturated rings. The molecule has 0 spiro atoms. The molecule has 0 unspecified atom stereocenters. The molecule has 72 valence electrons. The Hall–Kier alpha value is -1.88. The second-order valence-corrected chi connectivity index (χ2v) is 2.95. The molecule has 5 heteroatoms. The van der Waals surface area contributed by atoms with Gasteiger partial charge in [0.25, 0.3) is 5.91 Å². The van der Waals surface area contributed by atoms with E-state index in [1.54, 1.807) is 6.07 Å². The van der Waals surface area contributed by atoms with E-state index in [4.69, 9.17) is 5.21 Å². The fourth-order valence-corrected chi connectivity index (χ4v) is 1.28. The van der Waals surface area contributed by atoms with Crippen LogP contribution < -0.4 is 0 Å². The molecule has 0 aliphatic rings. The fraction of sp³-hybridized carbons (Fsp3) is 0.111. The van der Waals surface area contributed by atoms with E-state index in [2.05, 4.69) is 10.2 Å². The first-order valence-electron chi connectivity index (χ1n) is 4.10. The first kappa shape index (κ1) is 8.71. The zero-order valence-electron chi connectivity index (χ0n) is 7.56. The lowest BCUT2D eigenvalue weighted by molar-refractivity contribution is -0.0378. The van der Waals surface area contributed by atoms with Crippen LogP contribution in [0.1, 0.15) is 10.5 Å². The Kier molecular flexibility index (Phi) is 1.94. The van der Waals surface area contributed by atoms with Crippen LogP contribution in [0.3, 0.4) is 0 Å². The van der Waals surface area contributed by atoms with Crippen molar-refractivity contribution in [2.45, 2.75) is 0 Å². The van der Waals surface area contributed by atoms with Gasteiger partial charge in [-0.15, -0.1) is 0 Å². The predicted octanol–water partition coefficient (Wildman–Crippen LogP) is 1.02. The van der Waals surface area contributed by atoms with Gasteiger partial charge in [-0.2, -0.15) is 5.10 Å². The molecule has 2 aromatic rings. The summed E-state index contributed by atoms with van der Waals surface area (Å²) in [7, 11) is 1.27. The average molecular weight is 191 g/mol. The van der Waals surface area contributed by atoms with Crippen molar-refractivity contribution in [1.29, 1.82) is 0 Å². The largest absolute Gasteiger partial charge is 0.298 e. The maximum atomic E-state index is 11.4. The molecule has 14 heavy (non-hydrogen) atoms. The minimum absolute atomic E-state index is 0.227. The lowest BCUT2D eigenvalue weighted by Crippen LogP contribution is -2.22. The van der Waals surface area contributed by atoms with Crippen LogP contribution in [0.4, 0.5) is 0 Å². The highest BCUT2D eigenvalue weighted by Crippen LogP contribution is 2.15. The summed E-state index contributed by atoms with van der Waals surface area (Å²) in [4.78, 5) is 11.4. The number of amides is 1. The molecule has 2 N–H and O–H groups in total. The Morgan fingerprint density at radius 2 is 2.21 bits per heavy atom. The number of rotatable bonds is 1. The van der Waals surface area contributed by atoms with Crippen LogP contribution in [-0.2, 0) is 0 Å². The zero-order valence-corrected chi connectivity index (χ0v) is 7.56. The second kappa shape index (κ2) is 3.12. The van der Waals surface area contributed by atoms with E-state index >= 15 is 0 Å². The molecule has 0 atom stereocenters. The maximum absolute atomic E-state index is 11.4. The summed E-state index contributed by atoms with van der Waals surface area (Å²) in [6.45, 7) is 0. The van der Waals surface area contributed by atoms with Gasteiger partial charge in [-0.3, -0.25) is 15.1 Å². The number of fused-ring (bicyclic) bond motifs is 1. The summed E-state index contributed by atoms with van der Waals surface area (Å²) in [6, 6.07) is 7.25. The van der Waals surface area contributed by atoms with E-state index in [0.717, 1.165) is 5.52 Å². The summed E-state index contributed by atoms with van der Waals surface area (Å²) in [5.74, 6) is -0.526. The van der Waals surface area contributed by atoms with Gasteiger partial charge >= 0.3 is 0 Å². The van der Waals surface area contributed by atoms with Crippen molar-refractivity contribution in [3.63, 3.8) is 0 Å². The van der Waals surface area contributed by atoms with Gasteiger partial charge in [-0.05, 0) is 6.07 Å². The van der Waals surface area contributed by atoms with E-state index in [9.17, 15) is 4.79 Å². The smallest absolute Gasteiger partial charge is 0.286 e. The third-order valence-corrected chi connectivity index (χ3v) is 1.97. The Morgan fingerprint density at radius 3 is 2.93 bits per heavy atom. The van der Waals surface area contributed by atoms with E-state index in [1.165, 1.54) is 7.05 Å². The molecule has 1 aromatic carbocycles. The van der Waals surface area contributed by atoms with Crippen molar-refractivity contribution < 1.29 is 10.0 Å². The SMILES string of the molecule is CN(O)C(=O)c1n[nH]c2ccccc12. The van der Waals surface area contributed by atoms with Gasteiger partial charge in [0.2, 0.25) is 0 Å². The number of hydrogen-bond donors (Lipinski definition) is 2. The van der Waals surface area contributed by atoms with Crippen molar-refractivity contribution in [2.24, 2.45) is 0 Å². The molecular weight excluding hydrogens is 182 g/mol. The molecule has 2 rings (SSSR count). The third kappa shape index (κ3) is 1.23. The van der Waals surface area contributed by atoms with Gasteiger partial charge in [0.15, 0.2) is 5.69 Å². The number of carbonyl (C=O) groups excluding carboxylic acids is 1. The minimum Gasteiger partial charge on any atom is -0.286 e. The number of hydrogen-bond acceptors (Lipinski definition) is 3. The van der Waals surface area contributed by atoms with Crippen LogP contribution in [0.5, 0.6) is 0 Å². The van der Waals surface area contributed by atoms with Crippen molar-refractivity contribution in [2.75, 3.05) is 7.05 Å². The van der Waals surface area contributed by atoms with E-state index in [1.807, 2.05) is 18.2 Å². The van der Waals surface area contributed by atoms with Crippen molar-refractivity contribution in [1.82, 2.24) is 15.3 Å². The normalized spacial score (nSPS) is 10.4. The Morgan fingerprint density at radius 1 is 1.50 bits per heavy atom. The molecular formula is C9H9N3O2. The summed E-state index contributed by atoms with van der Waals surface area (Å²) >= 11 is 0. The van der Waals surface area contributed by atoms with Gasteiger partial charge in [-0.25, -0.2) is 5.06 Å². The molecule has 0 aliphatic heterocycles. The quantitative estimate of drug-likeness (QED) is 0.522. The highest BCUT2D eigenvalue weighted by Gasteiger charge is 2.16. The molecule has 0 aliphatic carbocycles. The van der Waals surface area contributed by atoms with Crippen molar-refractivity contribution in [3.8, 4) is 0 Å². The predicted molar refractivity (Wildman–Crippen MR) is 50.0 cm³/mol. The van der Waals surface area contributed by atoms with Crippen LogP contribution in [0.15, 0.2) is 24.3 Å². The topological polar surface area (TPSA) is 69.2 Å². The first-order valence-corrected chi connectivity index (χ1v) is 4.10. The molecule has 1 aromatic heterocycles.